The molecule has 0 aromatic carbocycles. The molecule has 5 nitrogen and oxygen atoms in total. The molecular formula is C22H42O5. The SMILES string of the molecule is CCCCCCCCCCCCOC(=O)COCC(=O)OCCCC(C)C. The van der Waals surface area contributed by atoms with Crippen molar-refractivity contribution in [2.24, 2.45) is 5.92 Å². The molecule has 0 heterocycles. The minimum Gasteiger partial charge on any atom is -0.464 e. The molecule has 0 aliphatic heterocycles. The van der Waals surface area contributed by atoms with Crippen molar-refractivity contribution in [3.63, 3.8) is 0 Å². The maximum Gasteiger partial charge on any atom is 0.332 e. The summed E-state index contributed by atoms with van der Waals surface area (Å²) < 4.78 is 15.2. The summed E-state index contributed by atoms with van der Waals surface area (Å²) in [4.78, 5) is 22.9. The fourth-order valence-corrected chi connectivity index (χ4v) is 2.75. The van der Waals surface area contributed by atoms with Gasteiger partial charge in [0.05, 0.1) is 13.2 Å². The van der Waals surface area contributed by atoms with E-state index < -0.39 is 11.9 Å². The average molecular weight is 387 g/mol. The minimum absolute atomic E-state index is 0.196. The molecule has 0 aromatic rings. The summed E-state index contributed by atoms with van der Waals surface area (Å²) in [6.07, 6.45) is 14.3. The van der Waals surface area contributed by atoms with Crippen LogP contribution in [-0.2, 0) is 23.8 Å². The quantitative estimate of drug-likeness (QED) is 0.218. The molecule has 0 bridgehead atoms. The Morgan fingerprint density at radius 3 is 1.59 bits per heavy atom. The molecule has 0 N–H and O–H groups in total. The maximum absolute atomic E-state index is 11.5. The topological polar surface area (TPSA) is 61.8 Å². The molecule has 0 radical (unpaired) electrons. The highest BCUT2D eigenvalue weighted by molar-refractivity contribution is 5.73. The molecule has 160 valence electrons. The summed E-state index contributed by atoms with van der Waals surface area (Å²) in [6, 6.07) is 0. The third-order valence-corrected chi connectivity index (χ3v) is 4.39. The van der Waals surface area contributed by atoms with Crippen LogP contribution in [0.3, 0.4) is 0 Å². The van der Waals surface area contributed by atoms with Crippen LogP contribution < -0.4 is 0 Å². The second kappa shape index (κ2) is 19.7. The molecular weight excluding hydrogens is 344 g/mol. The van der Waals surface area contributed by atoms with Gasteiger partial charge in [-0.2, -0.15) is 0 Å². The van der Waals surface area contributed by atoms with Gasteiger partial charge in [0.1, 0.15) is 13.2 Å². The first-order valence-corrected chi connectivity index (χ1v) is 10.9. The minimum atomic E-state index is -0.429. The molecule has 0 fully saturated rings. The largest absolute Gasteiger partial charge is 0.464 e. The fourth-order valence-electron chi connectivity index (χ4n) is 2.75. The Kier molecular flexibility index (Phi) is 18.9. The lowest BCUT2D eigenvalue weighted by Gasteiger charge is -2.07. The summed E-state index contributed by atoms with van der Waals surface area (Å²) in [5.41, 5.74) is 0. The van der Waals surface area contributed by atoms with Gasteiger partial charge in [-0.25, -0.2) is 9.59 Å². The number of hydrogen-bond acceptors (Lipinski definition) is 5. The van der Waals surface area contributed by atoms with Crippen LogP contribution in [0.1, 0.15) is 97.8 Å². The molecule has 0 atom stereocenters. The van der Waals surface area contributed by atoms with Crippen LogP contribution in [0.4, 0.5) is 0 Å². The van der Waals surface area contributed by atoms with E-state index in [1.807, 2.05) is 0 Å². The van der Waals surface area contributed by atoms with Gasteiger partial charge in [-0.05, 0) is 25.2 Å². The van der Waals surface area contributed by atoms with Gasteiger partial charge in [0.2, 0.25) is 0 Å². The standard InChI is InChI=1S/C22H42O5/c1-4-5-6-7-8-9-10-11-12-13-16-26-21(23)18-25-19-22(24)27-17-14-15-20(2)3/h20H,4-19H2,1-3H3. The summed E-state index contributed by atoms with van der Waals surface area (Å²) in [7, 11) is 0. The van der Waals surface area contributed by atoms with E-state index in [2.05, 4.69) is 20.8 Å². The molecule has 27 heavy (non-hydrogen) atoms. The van der Waals surface area contributed by atoms with E-state index >= 15 is 0 Å². The highest BCUT2D eigenvalue weighted by Crippen LogP contribution is 2.10. The van der Waals surface area contributed by atoms with Crippen LogP contribution in [0.5, 0.6) is 0 Å². The number of rotatable bonds is 19. The second-order valence-corrected chi connectivity index (χ2v) is 7.65. The first-order chi connectivity index (χ1) is 13.1. The van der Waals surface area contributed by atoms with Gasteiger partial charge in [-0.1, -0.05) is 78.6 Å². The molecule has 0 aliphatic rings. The summed E-state index contributed by atoms with van der Waals surface area (Å²) >= 11 is 0. The highest BCUT2D eigenvalue weighted by Gasteiger charge is 2.07. The van der Waals surface area contributed by atoms with Gasteiger partial charge in [0.15, 0.2) is 0 Å². The number of carbonyl (C=O) groups excluding carboxylic acids is 2. The molecule has 0 rings (SSSR count). The van der Waals surface area contributed by atoms with Crippen LogP contribution >= 0.6 is 0 Å². The molecule has 5 heteroatoms. The number of esters is 2. The average Bonchev–Trinajstić information content (AvgIpc) is 2.63. The number of ether oxygens (including phenoxy) is 3. The van der Waals surface area contributed by atoms with Gasteiger partial charge in [-0.15, -0.1) is 0 Å². The maximum atomic E-state index is 11.5. The Morgan fingerprint density at radius 1 is 0.667 bits per heavy atom. The van der Waals surface area contributed by atoms with Crippen molar-refractivity contribution in [3.05, 3.63) is 0 Å². The Labute approximate surface area is 166 Å². The first-order valence-electron chi connectivity index (χ1n) is 10.9. The lowest BCUT2D eigenvalue weighted by atomic mass is 10.1. The predicted octanol–water partition coefficient (Wildman–Crippen LogP) is 5.45. The summed E-state index contributed by atoms with van der Waals surface area (Å²) in [6.45, 7) is 6.94. The zero-order valence-corrected chi connectivity index (χ0v) is 17.9. The van der Waals surface area contributed by atoms with Crippen LogP contribution in [-0.4, -0.2) is 38.4 Å². The van der Waals surface area contributed by atoms with Crippen LogP contribution in [0.2, 0.25) is 0 Å². The van der Waals surface area contributed by atoms with Crippen molar-refractivity contribution in [3.8, 4) is 0 Å². The Balaban J connectivity index is 3.31. The van der Waals surface area contributed by atoms with Crippen molar-refractivity contribution in [2.45, 2.75) is 97.8 Å². The van der Waals surface area contributed by atoms with E-state index in [0.717, 1.165) is 25.7 Å². The second-order valence-electron chi connectivity index (χ2n) is 7.65. The van der Waals surface area contributed by atoms with Crippen LogP contribution in [0, 0.1) is 5.92 Å². The molecule has 0 unspecified atom stereocenters. The van der Waals surface area contributed by atoms with Crippen molar-refractivity contribution < 1.29 is 23.8 Å². The Hall–Kier alpha value is -1.10. The molecule has 0 amide bonds. The highest BCUT2D eigenvalue weighted by atomic mass is 16.6. The molecule has 0 saturated carbocycles. The van der Waals surface area contributed by atoms with E-state index in [-0.39, 0.29) is 13.2 Å². The molecule has 0 saturated heterocycles. The van der Waals surface area contributed by atoms with E-state index in [1.165, 1.54) is 51.4 Å². The Bertz CT molecular complexity index is 355. The van der Waals surface area contributed by atoms with Crippen LogP contribution in [0.25, 0.3) is 0 Å². The number of carbonyl (C=O) groups is 2. The van der Waals surface area contributed by atoms with Gasteiger partial charge in [0, 0.05) is 0 Å². The van der Waals surface area contributed by atoms with E-state index in [1.54, 1.807) is 0 Å². The Morgan fingerprint density at radius 2 is 1.11 bits per heavy atom. The summed E-state index contributed by atoms with van der Waals surface area (Å²) in [5, 5.41) is 0. The third-order valence-electron chi connectivity index (χ3n) is 4.39. The molecule has 0 aromatic heterocycles. The molecule has 0 spiro atoms. The third kappa shape index (κ3) is 21.1. The van der Waals surface area contributed by atoms with E-state index in [9.17, 15) is 9.59 Å². The first kappa shape index (κ1) is 25.9. The number of hydrogen-bond donors (Lipinski definition) is 0. The monoisotopic (exact) mass is 386 g/mol. The number of unbranched alkanes of at least 4 members (excludes halogenated alkanes) is 9. The summed E-state index contributed by atoms with van der Waals surface area (Å²) in [5.74, 6) is -0.245. The van der Waals surface area contributed by atoms with E-state index in [4.69, 9.17) is 14.2 Å². The van der Waals surface area contributed by atoms with E-state index in [0.29, 0.717) is 19.1 Å². The zero-order chi connectivity index (χ0) is 20.2. The van der Waals surface area contributed by atoms with Crippen molar-refractivity contribution in [2.75, 3.05) is 26.4 Å². The lowest BCUT2D eigenvalue weighted by molar-refractivity contribution is -0.155. The van der Waals surface area contributed by atoms with Crippen LogP contribution in [0.15, 0.2) is 0 Å². The lowest BCUT2D eigenvalue weighted by Crippen LogP contribution is -2.19. The van der Waals surface area contributed by atoms with Crippen molar-refractivity contribution >= 4 is 11.9 Å². The molecule has 0 aliphatic carbocycles. The normalized spacial score (nSPS) is 11.0. The van der Waals surface area contributed by atoms with Gasteiger partial charge in [0.25, 0.3) is 0 Å². The van der Waals surface area contributed by atoms with Gasteiger partial charge in [-0.3, -0.25) is 0 Å². The van der Waals surface area contributed by atoms with Gasteiger partial charge < -0.3 is 14.2 Å². The van der Waals surface area contributed by atoms with Crippen molar-refractivity contribution in [1.82, 2.24) is 0 Å². The zero-order valence-electron chi connectivity index (χ0n) is 17.9. The van der Waals surface area contributed by atoms with Crippen molar-refractivity contribution in [1.29, 1.82) is 0 Å². The fraction of sp³-hybridized carbons (Fsp3) is 0.909. The van der Waals surface area contributed by atoms with Gasteiger partial charge >= 0.3 is 11.9 Å². The smallest absolute Gasteiger partial charge is 0.332 e. The predicted molar refractivity (Wildman–Crippen MR) is 109 cm³/mol.